The van der Waals surface area contributed by atoms with Crippen molar-refractivity contribution in [1.29, 1.82) is 0 Å². The first-order valence-corrected chi connectivity index (χ1v) is 6.16. The van der Waals surface area contributed by atoms with Crippen LogP contribution in [0.3, 0.4) is 0 Å². The Morgan fingerprint density at radius 3 is 2.50 bits per heavy atom. The highest BCUT2D eigenvalue weighted by Gasteiger charge is 2.16. The number of hydrogen-bond donors (Lipinski definition) is 0. The molecule has 1 aliphatic carbocycles. The lowest BCUT2D eigenvalue weighted by atomic mass is 9.89. The van der Waals surface area contributed by atoms with Crippen molar-refractivity contribution in [2.24, 2.45) is 5.92 Å². The average molecular weight is 184 g/mol. The van der Waals surface area contributed by atoms with Crippen LogP contribution in [0.25, 0.3) is 0 Å². The second kappa shape index (κ2) is 5.69. The Balaban J connectivity index is 2.41. The van der Waals surface area contributed by atoms with Crippen molar-refractivity contribution < 1.29 is 0 Å². The molecule has 0 aromatic carbocycles. The van der Waals surface area contributed by atoms with Crippen LogP contribution in [0.1, 0.15) is 46.0 Å². The predicted octanol–water partition coefficient (Wildman–Crippen LogP) is 4.22. The van der Waals surface area contributed by atoms with Gasteiger partial charge >= 0.3 is 0 Å². The van der Waals surface area contributed by atoms with Crippen molar-refractivity contribution in [2.75, 3.05) is 5.75 Å². The highest BCUT2D eigenvalue weighted by molar-refractivity contribution is 8.03. The van der Waals surface area contributed by atoms with Gasteiger partial charge in [-0.25, -0.2) is 0 Å². The van der Waals surface area contributed by atoms with E-state index in [9.17, 15) is 0 Å². The van der Waals surface area contributed by atoms with Gasteiger partial charge in [-0.15, -0.1) is 11.8 Å². The normalized spacial score (nSPS) is 21.3. The molecular weight excluding hydrogens is 164 g/mol. The fourth-order valence-corrected chi connectivity index (χ4v) is 2.96. The van der Waals surface area contributed by atoms with Crippen molar-refractivity contribution >= 4 is 11.8 Å². The molecule has 0 radical (unpaired) electrons. The van der Waals surface area contributed by atoms with Crippen LogP contribution in [-0.2, 0) is 0 Å². The number of hydrogen-bond acceptors (Lipinski definition) is 1. The third-order valence-corrected chi connectivity index (χ3v) is 3.79. The van der Waals surface area contributed by atoms with E-state index in [1.807, 2.05) is 11.8 Å². The number of thioether (sulfide) groups is 1. The lowest BCUT2D eigenvalue weighted by Crippen LogP contribution is -2.07. The van der Waals surface area contributed by atoms with Crippen molar-refractivity contribution in [3.05, 3.63) is 11.0 Å². The highest BCUT2D eigenvalue weighted by Crippen LogP contribution is 2.35. The molecule has 1 fully saturated rings. The summed E-state index contributed by atoms with van der Waals surface area (Å²) in [6.45, 7) is 4.43. The van der Waals surface area contributed by atoms with Gasteiger partial charge in [-0.05, 0) is 36.3 Å². The minimum atomic E-state index is 0.911. The minimum Gasteiger partial charge on any atom is -0.131 e. The van der Waals surface area contributed by atoms with Gasteiger partial charge in [0.2, 0.25) is 0 Å². The molecule has 0 N–H and O–H groups in total. The van der Waals surface area contributed by atoms with Crippen LogP contribution in [0.5, 0.6) is 0 Å². The maximum atomic E-state index is 2.32. The molecule has 0 aromatic heterocycles. The van der Waals surface area contributed by atoms with Crippen LogP contribution in [0.4, 0.5) is 0 Å². The second-order valence-electron chi connectivity index (χ2n) is 3.46. The third kappa shape index (κ3) is 2.85. The molecule has 1 heteroatoms. The van der Waals surface area contributed by atoms with Crippen LogP contribution in [0.15, 0.2) is 11.0 Å². The van der Waals surface area contributed by atoms with Gasteiger partial charge in [0.25, 0.3) is 0 Å². The molecule has 0 saturated heterocycles. The van der Waals surface area contributed by atoms with Crippen molar-refractivity contribution in [3.63, 3.8) is 0 Å². The van der Waals surface area contributed by atoms with Crippen LogP contribution >= 0.6 is 11.8 Å². The predicted molar refractivity (Wildman–Crippen MR) is 58.5 cm³/mol. The molecule has 12 heavy (non-hydrogen) atoms. The molecular formula is C11H20S. The first kappa shape index (κ1) is 10.2. The van der Waals surface area contributed by atoms with E-state index < -0.39 is 0 Å². The van der Waals surface area contributed by atoms with Gasteiger partial charge in [0.1, 0.15) is 0 Å². The molecule has 0 amide bonds. The van der Waals surface area contributed by atoms with Gasteiger partial charge in [-0.1, -0.05) is 32.3 Å². The molecule has 0 aliphatic heterocycles. The maximum absolute atomic E-state index is 2.32. The smallest absolute Gasteiger partial charge is 0.00517 e. The van der Waals surface area contributed by atoms with Crippen LogP contribution in [0.2, 0.25) is 0 Å². The monoisotopic (exact) mass is 184 g/mol. The second-order valence-corrected chi connectivity index (χ2v) is 4.80. The van der Waals surface area contributed by atoms with E-state index in [2.05, 4.69) is 19.9 Å². The number of allylic oxidation sites excluding steroid dienone is 2. The zero-order chi connectivity index (χ0) is 8.81. The molecule has 1 aliphatic rings. The Morgan fingerprint density at radius 2 is 2.00 bits per heavy atom. The zero-order valence-electron chi connectivity index (χ0n) is 8.31. The van der Waals surface area contributed by atoms with Gasteiger partial charge in [-0.2, -0.15) is 0 Å². The van der Waals surface area contributed by atoms with E-state index in [4.69, 9.17) is 0 Å². The van der Waals surface area contributed by atoms with Crippen LogP contribution in [-0.4, -0.2) is 5.75 Å². The zero-order valence-corrected chi connectivity index (χ0v) is 9.12. The first-order chi connectivity index (χ1) is 5.88. The van der Waals surface area contributed by atoms with Gasteiger partial charge in [-0.3, -0.25) is 0 Å². The van der Waals surface area contributed by atoms with Crippen LogP contribution < -0.4 is 0 Å². The minimum absolute atomic E-state index is 0.911. The van der Waals surface area contributed by atoms with E-state index in [0.717, 1.165) is 5.92 Å². The highest BCUT2D eigenvalue weighted by atomic mass is 32.2. The van der Waals surface area contributed by atoms with Crippen molar-refractivity contribution in [3.8, 4) is 0 Å². The van der Waals surface area contributed by atoms with Gasteiger partial charge in [0, 0.05) is 0 Å². The molecule has 0 nitrogen and oxygen atoms in total. The van der Waals surface area contributed by atoms with Crippen LogP contribution in [0, 0.1) is 5.92 Å². The summed E-state index contributed by atoms with van der Waals surface area (Å²) < 4.78 is 0. The summed E-state index contributed by atoms with van der Waals surface area (Å²) in [6, 6.07) is 0. The summed E-state index contributed by atoms with van der Waals surface area (Å²) in [5.74, 6) is 2.14. The Kier molecular flexibility index (Phi) is 4.82. The summed E-state index contributed by atoms with van der Waals surface area (Å²) in [5, 5.41) is 0. The first-order valence-electron chi connectivity index (χ1n) is 5.17. The molecule has 1 rings (SSSR count). The number of rotatable bonds is 3. The SMILES string of the molecule is C/C=C(\SCC)C1CCCCC1. The van der Waals surface area contributed by atoms with E-state index in [1.54, 1.807) is 4.91 Å². The Hall–Kier alpha value is 0.0900. The van der Waals surface area contributed by atoms with E-state index in [1.165, 1.54) is 37.9 Å². The standard InChI is InChI=1S/C11H20S/c1-3-11(12-4-2)10-8-6-5-7-9-10/h3,10H,4-9H2,1-2H3/b11-3-. The molecule has 0 spiro atoms. The molecule has 1 saturated carbocycles. The average Bonchev–Trinajstić information content (AvgIpc) is 2.15. The summed E-state index contributed by atoms with van der Waals surface area (Å²) in [5.41, 5.74) is 0. The Labute approximate surface area is 80.8 Å². The fraction of sp³-hybridized carbons (Fsp3) is 0.818. The Morgan fingerprint density at radius 1 is 1.33 bits per heavy atom. The van der Waals surface area contributed by atoms with Gasteiger partial charge in [0.05, 0.1) is 0 Å². The molecule has 0 bridgehead atoms. The third-order valence-electron chi connectivity index (χ3n) is 2.60. The lowest BCUT2D eigenvalue weighted by Gasteiger charge is -2.23. The van der Waals surface area contributed by atoms with E-state index >= 15 is 0 Å². The molecule has 70 valence electrons. The van der Waals surface area contributed by atoms with E-state index in [-0.39, 0.29) is 0 Å². The van der Waals surface area contributed by atoms with Crippen molar-refractivity contribution in [2.45, 2.75) is 46.0 Å². The topological polar surface area (TPSA) is 0 Å². The molecule has 0 aromatic rings. The quantitative estimate of drug-likeness (QED) is 0.632. The summed E-state index contributed by atoms with van der Waals surface area (Å²) >= 11 is 2.04. The fourth-order valence-electron chi connectivity index (χ4n) is 1.99. The maximum Gasteiger partial charge on any atom is -0.00517 e. The van der Waals surface area contributed by atoms with Gasteiger partial charge in [0.15, 0.2) is 0 Å². The lowest BCUT2D eigenvalue weighted by molar-refractivity contribution is 0.414. The van der Waals surface area contributed by atoms with E-state index in [0.29, 0.717) is 0 Å². The molecule has 0 heterocycles. The molecule has 0 unspecified atom stereocenters. The summed E-state index contributed by atoms with van der Waals surface area (Å²) in [4.78, 5) is 1.65. The van der Waals surface area contributed by atoms with Gasteiger partial charge < -0.3 is 0 Å². The summed E-state index contributed by atoms with van der Waals surface area (Å²) in [6.07, 6.45) is 9.56. The largest absolute Gasteiger partial charge is 0.131 e. The Bertz CT molecular complexity index is 143. The molecule has 0 atom stereocenters. The summed E-state index contributed by atoms with van der Waals surface area (Å²) in [7, 11) is 0. The van der Waals surface area contributed by atoms with Crippen molar-refractivity contribution in [1.82, 2.24) is 0 Å².